The molecule has 27 heavy (non-hydrogen) atoms. The third-order valence-corrected chi connectivity index (χ3v) is 5.67. The van der Waals surface area contributed by atoms with E-state index in [4.69, 9.17) is 0 Å². The summed E-state index contributed by atoms with van der Waals surface area (Å²) in [7, 11) is 0. The van der Waals surface area contributed by atoms with Gasteiger partial charge in [0.2, 0.25) is 5.91 Å². The van der Waals surface area contributed by atoms with Crippen LogP contribution in [0.4, 0.5) is 5.69 Å². The van der Waals surface area contributed by atoms with E-state index >= 15 is 0 Å². The van der Waals surface area contributed by atoms with Gasteiger partial charge in [-0.2, -0.15) is 0 Å². The van der Waals surface area contributed by atoms with Gasteiger partial charge in [0.05, 0.1) is 6.10 Å². The van der Waals surface area contributed by atoms with E-state index in [-0.39, 0.29) is 12.0 Å². The lowest BCUT2D eigenvalue weighted by Gasteiger charge is -2.38. The topological polar surface area (TPSA) is 59.1 Å². The van der Waals surface area contributed by atoms with Gasteiger partial charge < -0.3 is 20.2 Å². The molecule has 2 saturated heterocycles. The van der Waals surface area contributed by atoms with Crippen molar-refractivity contribution < 1.29 is 9.90 Å². The molecule has 0 aromatic heterocycles. The van der Waals surface area contributed by atoms with Gasteiger partial charge >= 0.3 is 0 Å². The summed E-state index contributed by atoms with van der Waals surface area (Å²) >= 11 is 0. The number of amides is 1. The van der Waals surface area contributed by atoms with E-state index in [9.17, 15) is 9.90 Å². The van der Waals surface area contributed by atoms with Gasteiger partial charge in [0, 0.05) is 65.0 Å². The Balaban J connectivity index is 1.37. The minimum atomic E-state index is -0.312. The second-order valence-corrected chi connectivity index (χ2v) is 7.98. The Hall–Kier alpha value is -1.63. The average Bonchev–Trinajstić information content (AvgIpc) is 2.68. The van der Waals surface area contributed by atoms with Gasteiger partial charge in [0.25, 0.3) is 0 Å². The first kappa shape index (κ1) is 20.1. The monoisotopic (exact) mass is 374 g/mol. The number of benzene rings is 1. The van der Waals surface area contributed by atoms with Crippen LogP contribution in [0.1, 0.15) is 19.8 Å². The predicted molar refractivity (Wildman–Crippen MR) is 109 cm³/mol. The number of nitrogens with zero attached hydrogens (tertiary/aromatic N) is 3. The van der Waals surface area contributed by atoms with Crippen molar-refractivity contribution in [2.24, 2.45) is 5.92 Å². The van der Waals surface area contributed by atoms with Gasteiger partial charge in [0.1, 0.15) is 0 Å². The number of carbonyl (C=O) groups is 1. The van der Waals surface area contributed by atoms with Crippen LogP contribution in [0.5, 0.6) is 0 Å². The van der Waals surface area contributed by atoms with Gasteiger partial charge in [-0.25, -0.2) is 0 Å². The quantitative estimate of drug-likeness (QED) is 0.746. The minimum absolute atomic E-state index is 0.0433. The maximum atomic E-state index is 11.1. The zero-order chi connectivity index (χ0) is 19.1. The highest BCUT2D eigenvalue weighted by molar-refractivity contribution is 5.72. The van der Waals surface area contributed by atoms with E-state index in [1.54, 1.807) is 6.92 Å². The van der Waals surface area contributed by atoms with E-state index < -0.39 is 0 Å². The van der Waals surface area contributed by atoms with Crippen LogP contribution in [0.25, 0.3) is 0 Å². The van der Waals surface area contributed by atoms with Crippen LogP contribution >= 0.6 is 0 Å². The van der Waals surface area contributed by atoms with Gasteiger partial charge in [-0.15, -0.1) is 0 Å². The second-order valence-electron chi connectivity index (χ2n) is 7.98. The molecule has 6 nitrogen and oxygen atoms in total. The van der Waals surface area contributed by atoms with E-state index in [2.05, 4.69) is 50.3 Å². The summed E-state index contributed by atoms with van der Waals surface area (Å²) in [6, 6.07) is 10.6. The fourth-order valence-corrected chi connectivity index (χ4v) is 4.25. The second kappa shape index (κ2) is 10.1. The third-order valence-electron chi connectivity index (χ3n) is 5.67. The maximum absolute atomic E-state index is 11.1. The lowest BCUT2D eigenvalue weighted by molar-refractivity contribution is -0.119. The van der Waals surface area contributed by atoms with Crippen LogP contribution < -0.4 is 10.2 Å². The molecule has 1 amide bonds. The van der Waals surface area contributed by atoms with Crippen molar-refractivity contribution >= 4 is 11.6 Å². The van der Waals surface area contributed by atoms with Crippen molar-refractivity contribution in [1.29, 1.82) is 0 Å². The summed E-state index contributed by atoms with van der Waals surface area (Å²) in [6.07, 6.45) is 1.99. The standard InChI is InChI=1S/C21H34N4O2/c1-18(26)22-14-19-6-5-9-24(15-19)17-21(27)16-23-10-12-25(13-11-23)20-7-3-2-4-8-20/h2-4,7-8,19,21,27H,5-6,9-17H2,1H3,(H,22,26). The van der Waals surface area contributed by atoms with Crippen molar-refractivity contribution in [1.82, 2.24) is 15.1 Å². The number of aliphatic hydroxyl groups excluding tert-OH is 1. The normalized spacial score (nSPS) is 23.2. The molecule has 1 aromatic rings. The number of anilines is 1. The number of para-hydroxylation sites is 1. The SMILES string of the molecule is CC(=O)NCC1CCCN(CC(O)CN2CCN(c3ccccc3)CC2)C1. The molecule has 0 radical (unpaired) electrons. The first-order chi connectivity index (χ1) is 13.1. The molecule has 0 bridgehead atoms. The molecule has 0 aliphatic carbocycles. The van der Waals surface area contributed by atoms with Gasteiger partial charge in [0.15, 0.2) is 0 Å². The molecule has 2 atom stereocenters. The highest BCUT2D eigenvalue weighted by Crippen LogP contribution is 2.17. The predicted octanol–water partition coefficient (Wildman–Crippen LogP) is 1.02. The summed E-state index contributed by atoms with van der Waals surface area (Å²) in [6.45, 7) is 9.84. The van der Waals surface area contributed by atoms with E-state index in [0.717, 1.165) is 71.7 Å². The molecule has 2 aliphatic heterocycles. The molecule has 150 valence electrons. The fourth-order valence-electron chi connectivity index (χ4n) is 4.25. The third kappa shape index (κ3) is 6.48. The highest BCUT2D eigenvalue weighted by Gasteiger charge is 2.24. The molecule has 2 heterocycles. The van der Waals surface area contributed by atoms with Crippen molar-refractivity contribution in [2.75, 3.05) is 63.8 Å². The van der Waals surface area contributed by atoms with Crippen molar-refractivity contribution in [3.63, 3.8) is 0 Å². The summed E-state index contributed by atoms with van der Waals surface area (Å²) < 4.78 is 0. The average molecular weight is 375 g/mol. The summed E-state index contributed by atoms with van der Waals surface area (Å²) in [5.74, 6) is 0.547. The zero-order valence-corrected chi connectivity index (χ0v) is 16.5. The molecule has 6 heteroatoms. The van der Waals surface area contributed by atoms with Crippen molar-refractivity contribution in [3.05, 3.63) is 30.3 Å². The Bertz CT molecular complexity index is 575. The van der Waals surface area contributed by atoms with E-state index in [1.165, 1.54) is 5.69 Å². The van der Waals surface area contributed by atoms with Crippen molar-refractivity contribution in [3.8, 4) is 0 Å². The van der Waals surface area contributed by atoms with Crippen LogP contribution in [0.2, 0.25) is 0 Å². The first-order valence-corrected chi connectivity index (χ1v) is 10.3. The molecular formula is C21H34N4O2. The Labute approximate surface area is 163 Å². The van der Waals surface area contributed by atoms with Crippen LogP contribution in [0.15, 0.2) is 30.3 Å². The van der Waals surface area contributed by atoms with Gasteiger partial charge in [-0.1, -0.05) is 18.2 Å². The number of piperazine rings is 1. The van der Waals surface area contributed by atoms with Crippen LogP contribution in [-0.2, 0) is 4.79 Å². The Kier molecular flexibility index (Phi) is 7.50. The Morgan fingerprint density at radius 2 is 1.81 bits per heavy atom. The lowest BCUT2D eigenvalue weighted by atomic mass is 9.97. The first-order valence-electron chi connectivity index (χ1n) is 10.3. The number of nitrogens with one attached hydrogen (secondary N) is 1. The molecule has 0 spiro atoms. The lowest BCUT2D eigenvalue weighted by Crippen LogP contribution is -2.51. The molecular weight excluding hydrogens is 340 g/mol. The van der Waals surface area contributed by atoms with Crippen molar-refractivity contribution in [2.45, 2.75) is 25.9 Å². The molecule has 2 aliphatic rings. The van der Waals surface area contributed by atoms with E-state index in [0.29, 0.717) is 5.92 Å². The molecule has 2 fully saturated rings. The number of β-amino-alcohol motifs (C(OH)–C–C–N with tert-alkyl or cyclic N) is 1. The van der Waals surface area contributed by atoms with Gasteiger partial charge in [-0.05, 0) is 37.4 Å². The number of carbonyl (C=O) groups excluding carboxylic acids is 1. The summed E-state index contributed by atoms with van der Waals surface area (Å²) in [5, 5.41) is 13.5. The van der Waals surface area contributed by atoms with Gasteiger partial charge in [-0.3, -0.25) is 9.69 Å². The Morgan fingerprint density at radius 1 is 1.11 bits per heavy atom. The van der Waals surface area contributed by atoms with Crippen LogP contribution in [0, 0.1) is 5.92 Å². The largest absolute Gasteiger partial charge is 0.390 e. The minimum Gasteiger partial charge on any atom is -0.390 e. The molecule has 3 rings (SSSR count). The molecule has 2 unspecified atom stereocenters. The number of hydrogen-bond donors (Lipinski definition) is 2. The number of piperidine rings is 1. The van der Waals surface area contributed by atoms with Crippen LogP contribution in [0.3, 0.4) is 0 Å². The van der Waals surface area contributed by atoms with Crippen LogP contribution in [-0.4, -0.2) is 85.8 Å². The smallest absolute Gasteiger partial charge is 0.216 e. The fraction of sp³-hybridized carbons (Fsp3) is 0.667. The number of likely N-dealkylation sites (tertiary alicyclic amines) is 1. The number of rotatable bonds is 7. The number of aliphatic hydroxyl groups is 1. The molecule has 2 N–H and O–H groups in total. The maximum Gasteiger partial charge on any atom is 0.216 e. The Morgan fingerprint density at radius 3 is 2.52 bits per heavy atom. The van der Waals surface area contributed by atoms with E-state index in [1.807, 2.05) is 0 Å². The zero-order valence-electron chi connectivity index (χ0n) is 16.5. The molecule has 1 aromatic carbocycles. The summed E-state index contributed by atoms with van der Waals surface area (Å²) in [5.41, 5.74) is 1.29. The highest BCUT2D eigenvalue weighted by atomic mass is 16.3. The molecule has 0 saturated carbocycles. The summed E-state index contributed by atoms with van der Waals surface area (Å²) in [4.78, 5) is 18.3. The number of hydrogen-bond acceptors (Lipinski definition) is 5.